The van der Waals surface area contributed by atoms with Crippen LogP contribution in [0.2, 0.25) is 0 Å². The van der Waals surface area contributed by atoms with E-state index in [1.54, 1.807) is 6.92 Å². The third kappa shape index (κ3) is 4.95. The Bertz CT molecular complexity index is 437. The summed E-state index contributed by atoms with van der Waals surface area (Å²) in [5.41, 5.74) is 0.157. The Morgan fingerprint density at radius 2 is 2.00 bits per heavy atom. The molecule has 0 spiro atoms. The van der Waals surface area contributed by atoms with Gasteiger partial charge in [0.25, 0.3) is 0 Å². The lowest BCUT2D eigenvalue weighted by atomic mass is 10.1. The van der Waals surface area contributed by atoms with Crippen LogP contribution in [0.15, 0.2) is 18.2 Å². The Labute approximate surface area is 112 Å². The summed E-state index contributed by atoms with van der Waals surface area (Å²) in [6.07, 6.45) is 0.301. The van der Waals surface area contributed by atoms with Crippen molar-refractivity contribution in [2.45, 2.75) is 39.3 Å². The first kappa shape index (κ1) is 15.6. The van der Waals surface area contributed by atoms with Crippen molar-refractivity contribution < 1.29 is 13.6 Å². The number of carbonyl (C=O) groups is 1. The zero-order valence-corrected chi connectivity index (χ0v) is 11.5. The van der Waals surface area contributed by atoms with E-state index in [-0.39, 0.29) is 17.5 Å². The van der Waals surface area contributed by atoms with Gasteiger partial charge >= 0.3 is 0 Å². The van der Waals surface area contributed by atoms with Gasteiger partial charge in [-0.15, -0.1) is 0 Å². The minimum absolute atomic E-state index is 0.0505. The number of benzene rings is 1. The second-order valence-electron chi connectivity index (χ2n) is 4.62. The SMILES string of the molecule is CCNC(C)CC(=O)NC(C)c1cc(F)ccc1F. The molecular formula is C14H20F2N2O. The topological polar surface area (TPSA) is 41.1 Å². The molecule has 5 heteroatoms. The Morgan fingerprint density at radius 3 is 2.63 bits per heavy atom. The highest BCUT2D eigenvalue weighted by Gasteiger charge is 2.15. The van der Waals surface area contributed by atoms with E-state index in [9.17, 15) is 13.6 Å². The third-order valence-corrected chi connectivity index (χ3v) is 2.85. The molecule has 0 saturated carbocycles. The summed E-state index contributed by atoms with van der Waals surface area (Å²) in [7, 11) is 0. The van der Waals surface area contributed by atoms with Crippen molar-refractivity contribution in [2.24, 2.45) is 0 Å². The van der Waals surface area contributed by atoms with E-state index in [1.165, 1.54) is 0 Å². The Morgan fingerprint density at radius 1 is 1.32 bits per heavy atom. The van der Waals surface area contributed by atoms with Crippen molar-refractivity contribution >= 4 is 5.91 Å². The monoisotopic (exact) mass is 270 g/mol. The molecule has 1 aromatic carbocycles. The fraction of sp³-hybridized carbons (Fsp3) is 0.500. The largest absolute Gasteiger partial charge is 0.349 e. The molecule has 0 aliphatic rings. The fourth-order valence-electron chi connectivity index (χ4n) is 1.92. The van der Waals surface area contributed by atoms with Crippen molar-refractivity contribution in [3.8, 4) is 0 Å². The number of hydrogen-bond acceptors (Lipinski definition) is 2. The zero-order chi connectivity index (χ0) is 14.4. The van der Waals surface area contributed by atoms with Gasteiger partial charge in [0.15, 0.2) is 0 Å². The van der Waals surface area contributed by atoms with E-state index in [0.29, 0.717) is 6.42 Å². The fourth-order valence-corrected chi connectivity index (χ4v) is 1.92. The van der Waals surface area contributed by atoms with Gasteiger partial charge in [-0.05, 0) is 38.6 Å². The molecule has 2 unspecified atom stereocenters. The van der Waals surface area contributed by atoms with Crippen LogP contribution in [0.25, 0.3) is 0 Å². The van der Waals surface area contributed by atoms with Crippen LogP contribution >= 0.6 is 0 Å². The van der Waals surface area contributed by atoms with Gasteiger partial charge in [-0.2, -0.15) is 0 Å². The summed E-state index contributed by atoms with van der Waals surface area (Å²) in [5, 5.41) is 5.78. The van der Waals surface area contributed by atoms with Crippen LogP contribution in [-0.2, 0) is 4.79 Å². The molecule has 2 atom stereocenters. The van der Waals surface area contributed by atoms with Crippen LogP contribution in [0.4, 0.5) is 8.78 Å². The van der Waals surface area contributed by atoms with Gasteiger partial charge in [0, 0.05) is 18.0 Å². The van der Waals surface area contributed by atoms with Crippen LogP contribution in [0.3, 0.4) is 0 Å². The van der Waals surface area contributed by atoms with Gasteiger partial charge in [0.05, 0.1) is 6.04 Å². The first-order valence-electron chi connectivity index (χ1n) is 6.41. The Hall–Kier alpha value is -1.49. The molecule has 0 fully saturated rings. The highest BCUT2D eigenvalue weighted by Crippen LogP contribution is 2.18. The summed E-state index contributed by atoms with van der Waals surface area (Å²) >= 11 is 0. The normalized spacial score (nSPS) is 13.9. The standard InChI is InChI=1S/C14H20F2N2O/c1-4-17-9(2)7-14(19)18-10(3)12-8-11(15)5-6-13(12)16/h5-6,8-10,17H,4,7H2,1-3H3,(H,18,19). The lowest BCUT2D eigenvalue weighted by Crippen LogP contribution is -2.35. The molecular weight excluding hydrogens is 250 g/mol. The maximum atomic E-state index is 13.5. The van der Waals surface area contributed by atoms with Gasteiger partial charge in [-0.3, -0.25) is 4.79 Å². The van der Waals surface area contributed by atoms with Crippen molar-refractivity contribution in [1.82, 2.24) is 10.6 Å². The Balaban J connectivity index is 2.61. The maximum absolute atomic E-state index is 13.5. The average molecular weight is 270 g/mol. The quantitative estimate of drug-likeness (QED) is 0.834. The van der Waals surface area contributed by atoms with Crippen LogP contribution in [-0.4, -0.2) is 18.5 Å². The van der Waals surface area contributed by atoms with Crippen molar-refractivity contribution in [3.05, 3.63) is 35.4 Å². The molecule has 0 aromatic heterocycles. The lowest BCUT2D eigenvalue weighted by Gasteiger charge is -2.17. The highest BCUT2D eigenvalue weighted by molar-refractivity contribution is 5.77. The number of rotatable bonds is 6. The molecule has 0 heterocycles. The Kier molecular flexibility index (Phi) is 5.89. The van der Waals surface area contributed by atoms with Crippen LogP contribution in [0.5, 0.6) is 0 Å². The van der Waals surface area contributed by atoms with Crippen molar-refractivity contribution in [1.29, 1.82) is 0 Å². The molecule has 2 N–H and O–H groups in total. The smallest absolute Gasteiger partial charge is 0.222 e. The second kappa shape index (κ2) is 7.19. The van der Waals surface area contributed by atoms with Crippen LogP contribution in [0, 0.1) is 11.6 Å². The number of halogens is 2. The number of hydrogen-bond donors (Lipinski definition) is 2. The molecule has 0 aliphatic heterocycles. The third-order valence-electron chi connectivity index (χ3n) is 2.85. The van der Waals surface area contributed by atoms with Gasteiger partial charge in [0.2, 0.25) is 5.91 Å². The number of nitrogens with one attached hydrogen (secondary N) is 2. The van der Waals surface area contributed by atoms with Gasteiger partial charge in [-0.1, -0.05) is 6.92 Å². The molecule has 1 rings (SSSR count). The van der Waals surface area contributed by atoms with Crippen molar-refractivity contribution in [3.63, 3.8) is 0 Å². The van der Waals surface area contributed by atoms with Gasteiger partial charge in [-0.25, -0.2) is 8.78 Å². The minimum Gasteiger partial charge on any atom is -0.349 e. The number of amides is 1. The molecule has 0 saturated heterocycles. The molecule has 0 bridgehead atoms. The zero-order valence-electron chi connectivity index (χ0n) is 11.5. The van der Waals surface area contributed by atoms with E-state index >= 15 is 0 Å². The summed E-state index contributed by atoms with van der Waals surface area (Å²) < 4.78 is 26.6. The van der Waals surface area contributed by atoms with Gasteiger partial charge in [0.1, 0.15) is 11.6 Å². The van der Waals surface area contributed by atoms with E-state index in [0.717, 1.165) is 24.7 Å². The maximum Gasteiger partial charge on any atom is 0.222 e. The molecule has 1 amide bonds. The van der Waals surface area contributed by atoms with Crippen LogP contribution in [0.1, 0.15) is 38.8 Å². The van der Waals surface area contributed by atoms with E-state index in [1.807, 2.05) is 13.8 Å². The first-order valence-corrected chi connectivity index (χ1v) is 6.41. The summed E-state index contributed by atoms with van der Waals surface area (Å²) in [6.45, 7) is 6.27. The van der Waals surface area contributed by atoms with E-state index in [2.05, 4.69) is 10.6 Å². The summed E-state index contributed by atoms with van der Waals surface area (Å²) in [5.74, 6) is -1.22. The van der Waals surface area contributed by atoms with E-state index < -0.39 is 17.7 Å². The average Bonchev–Trinajstić information content (AvgIpc) is 2.32. The predicted molar refractivity (Wildman–Crippen MR) is 70.7 cm³/mol. The van der Waals surface area contributed by atoms with Crippen molar-refractivity contribution in [2.75, 3.05) is 6.54 Å². The van der Waals surface area contributed by atoms with Gasteiger partial charge < -0.3 is 10.6 Å². The predicted octanol–water partition coefficient (Wildman–Crippen LogP) is 2.53. The van der Waals surface area contributed by atoms with Crippen LogP contribution < -0.4 is 10.6 Å². The lowest BCUT2D eigenvalue weighted by molar-refractivity contribution is -0.122. The molecule has 19 heavy (non-hydrogen) atoms. The molecule has 3 nitrogen and oxygen atoms in total. The first-order chi connectivity index (χ1) is 8.93. The second-order valence-corrected chi connectivity index (χ2v) is 4.62. The summed E-state index contributed by atoms with van der Waals surface area (Å²) in [4.78, 5) is 11.7. The summed E-state index contributed by atoms with van der Waals surface area (Å²) in [6, 6.07) is 2.72. The highest BCUT2D eigenvalue weighted by atomic mass is 19.1. The molecule has 1 aromatic rings. The molecule has 106 valence electrons. The minimum atomic E-state index is -0.558. The molecule has 0 radical (unpaired) electrons. The number of carbonyl (C=O) groups excluding carboxylic acids is 1. The molecule has 0 aliphatic carbocycles. The van der Waals surface area contributed by atoms with E-state index in [4.69, 9.17) is 0 Å².